The van der Waals surface area contributed by atoms with Crippen LogP contribution in [0.4, 0.5) is 0 Å². The minimum absolute atomic E-state index is 0.0967. The largest absolute Gasteiger partial charge is 0.244 e. The van der Waals surface area contributed by atoms with Crippen molar-refractivity contribution in [1.29, 1.82) is 0 Å². The van der Waals surface area contributed by atoms with E-state index in [9.17, 15) is 8.42 Å². The van der Waals surface area contributed by atoms with Gasteiger partial charge in [-0.15, -0.1) is 0 Å². The van der Waals surface area contributed by atoms with Gasteiger partial charge in [-0.3, -0.25) is 0 Å². The molecule has 1 aliphatic carbocycles. The van der Waals surface area contributed by atoms with E-state index in [1.54, 1.807) is 7.05 Å². The third kappa shape index (κ3) is 3.46. The number of hydrogen-bond acceptors (Lipinski definition) is 3. The molecule has 1 aliphatic rings. The Labute approximate surface area is 119 Å². The van der Waals surface area contributed by atoms with Crippen LogP contribution in [0, 0.1) is 0 Å². The molecule has 19 heavy (non-hydrogen) atoms. The molecule has 0 N–H and O–H groups in total. The minimum atomic E-state index is -3.47. The molecule has 1 heterocycles. The van der Waals surface area contributed by atoms with Crippen LogP contribution in [-0.2, 0) is 10.0 Å². The van der Waals surface area contributed by atoms with Gasteiger partial charge in [0, 0.05) is 19.3 Å². The lowest BCUT2D eigenvalue weighted by Crippen LogP contribution is -2.36. The zero-order valence-electron chi connectivity index (χ0n) is 11.0. The lowest BCUT2D eigenvalue weighted by Gasteiger charge is -2.26. The van der Waals surface area contributed by atoms with Crippen LogP contribution in [-0.4, -0.2) is 30.8 Å². The first-order valence-electron chi connectivity index (χ1n) is 6.61. The molecule has 1 saturated carbocycles. The van der Waals surface area contributed by atoms with Crippen LogP contribution in [0.1, 0.15) is 38.5 Å². The Balaban J connectivity index is 2.23. The summed E-state index contributed by atoms with van der Waals surface area (Å²) in [5.74, 6) is 0. The normalized spacial score (nSPS) is 18.5. The number of rotatable bonds is 3. The molecular formula is C13H19ClN2O2S. The molecular weight excluding hydrogens is 284 g/mol. The molecule has 0 spiro atoms. The van der Waals surface area contributed by atoms with E-state index in [0.29, 0.717) is 0 Å². The average Bonchev–Trinajstić information content (AvgIpc) is 2.66. The van der Waals surface area contributed by atoms with Crippen LogP contribution in [0.25, 0.3) is 0 Å². The number of halogens is 1. The van der Waals surface area contributed by atoms with Crippen LogP contribution >= 0.6 is 11.6 Å². The van der Waals surface area contributed by atoms with E-state index in [-0.39, 0.29) is 16.1 Å². The average molecular weight is 303 g/mol. The maximum absolute atomic E-state index is 12.5. The van der Waals surface area contributed by atoms with Crippen LogP contribution in [0.15, 0.2) is 23.2 Å². The van der Waals surface area contributed by atoms with Crippen molar-refractivity contribution in [2.45, 2.75) is 49.5 Å². The van der Waals surface area contributed by atoms with Gasteiger partial charge >= 0.3 is 0 Å². The first kappa shape index (κ1) is 14.8. The lowest BCUT2D eigenvalue weighted by molar-refractivity contribution is 0.335. The second-order valence-electron chi connectivity index (χ2n) is 4.98. The molecule has 0 aromatic carbocycles. The second-order valence-corrected chi connectivity index (χ2v) is 7.37. The summed E-state index contributed by atoms with van der Waals surface area (Å²) in [5.41, 5.74) is 0. The molecule has 0 bridgehead atoms. The molecule has 106 valence electrons. The lowest BCUT2D eigenvalue weighted by atomic mass is 10.1. The zero-order chi connectivity index (χ0) is 13.9. The van der Waals surface area contributed by atoms with Crippen molar-refractivity contribution in [3.63, 3.8) is 0 Å². The van der Waals surface area contributed by atoms with Gasteiger partial charge in [-0.05, 0) is 25.0 Å². The molecule has 1 fully saturated rings. The van der Waals surface area contributed by atoms with Gasteiger partial charge in [0.25, 0.3) is 0 Å². The molecule has 1 aromatic heterocycles. The summed E-state index contributed by atoms with van der Waals surface area (Å²) >= 11 is 5.77. The Morgan fingerprint density at radius 2 is 1.89 bits per heavy atom. The predicted molar refractivity (Wildman–Crippen MR) is 75.7 cm³/mol. The van der Waals surface area contributed by atoms with Crippen molar-refractivity contribution in [1.82, 2.24) is 9.29 Å². The van der Waals surface area contributed by atoms with Gasteiger partial charge in [-0.25, -0.2) is 13.4 Å². The summed E-state index contributed by atoms with van der Waals surface area (Å²) in [6.45, 7) is 0. The SMILES string of the molecule is CN(C1CCCCCC1)S(=O)(=O)c1ccnc(Cl)c1. The molecule has 6 heteroatoms. The Morgan fingerprint density at radius 3 is 2.47 bits per heavy atom. The van der Waals surface area contributed by atoms with Crippen molar-refractivity contribution >= 4 is 21.6 Å². The van der Waals surface area contributed by atoms with Crippen molar-refractivity contribution < 1.29 is 8.42 Å². The molecule has 1 aromatic rings. The van der Waals surface area contributed by atoms with Gasteiger partial charge in [-0.1, -0.05) is 37.3 Å². The summed E-state index contributed by atoms with van der Waals surface area (Å²) in [6, 6.07) is 3.00. The van der Waals surface area contributed by atoms with E-state index in [2.05, 4.69) is 4.98 Å². The first-order valence-corrected chi connectivity index (χ1v) is 8.43. The molecule has 4 nitrogen and oxygen atoms in total. The van der Waals surface area contributed by atoms with Gasteiger partial charge in [-0.2, -0.15) is 4.31 Å². The Hall–Kier alpha value is -0.650. The van der Waals surface area contributed by atoms with E-state index < -0.39 is 10.0 Å². The minimum Gasteiger partial charge on any atom is -0.244 e. The Morgan fingerprint density at radius 1 is 1.26 bits per heavy atom. The summed E-state index contributed by atoms with van der Waals surface area (Å²) in [4.78, 5) is 4.04. The third-order valence-corrected chi connectivity index (χ3v) is 5.83. The van der Waals surface area contributed by atoms with Crippen molar-refractivity contribution in [3.05, 3.63) is 23.5 Å². The molecule has 0 atom stereocenters. The maximum Gasteiger partial charge on any atom is 0.243 e. The monoisotopic (exact) mass is 302 g/mol. The van der Waals surface area contributed by atoms with Gasteiger partial charge in [0.1, 0.15) is 5.15 Å². The Bertz CT molecular complexity index is 525. The number of sulfonamides is 1. The highest BCUT2D eigenvalue weighted by Crippen LogP contribution is 2.26. The fraction of sp³-hybridized carbons (Fsp3) is 0.615. The first-order chi connectivity index (χ1) is 9.01. The molecule has 0 radical (unpaired) electrons. The van der Waals surface area contributed by atoms with E-state index in [1.165, 1.54) is 35.5 Å². The second kappa shape index (κ2) is 6.20. The number of pyridine rings is 1. The summed E-state index contributed by atoms with van der Waals surface area (Å²) < 4.78 is 26.6. The van der Waals surface area contributed by atoms with E-state index in [1.807, 2.05) is 0 Å². The smallest absolute Gasteiger partial charge is 0.243 e. The summed E-state index contributed by atoms with van der Waals surface area (Å²) in [5, 5.41) is 0.204. The topological polar surface area (TPSA) is 50.3 Å². The van der Waals surface area contributed by atoms with Crippen molar-refractivity contribution in [2.75, 3.05) is 7.05 Å². The predicted octanol–water partition coefficient (Wildman–Crippen LogP) is 3.08. The van der Waals surface area contributed by atoms with Gasteiger partial charge < -0.3 is 0 Å². The van der Waals surface area contributed by atoms with Crippen molar-refractivity contribution in [3.8, 4) is 0 Å². The molecule has 0 unspecified atom stereocenters. The van der Waals surface area contributed by atoms with E-state index in [0.717, 1.165) is 25.7 Å². The van der Waals surface area contributed by atoms with E-state index in [4.69, 9.17) is 11.6 Å². The maximum atomic E-state index is 12.5. The standard InChI is InChI=1S/C13H19ClN2O2S/c1-16(11-6-4-2-3-5-7-11)19(17,18)12-8-9-15-13(14)10-12/h8-11H,2-7H2,1H3. The molecule has 0 saturated heterocycles. The highest BCUT2D eigenvalue weighted by molar-refractivity contribution is 7.89. The highest BCUT2D eigenvalue weighted by Gasteiger charge is 2.28. The van der Waals surface area contributed by atoms with Crippen LogP contribution < -0.4 is 0 Å². The summed E-state index contributed by atoms with van der Waals surface area (Å²) in [6.07, 6.45) is 7.90. The Kier molecular flexibility index (Phi) is 4.81. The van der Waals surface area contributed by atoms with Crippen LogP contribution in [0.3, 0.4) is 0 Å². The zero-order valence-corrected chi connectivity index (χ0v) is 12.6. The fourth-order valence-electron chi connectivity index (χ4n) is 2.53. The number of hydrogen-bond donors (Lipinski definition) is 0. The molecule has 0 amide bonds. The fourth-order valence-corrected chi connectivity index (χ4v) is 4.20. The number of aromatic nitrogens is 1. The molecule has 2 rings (SSSR count). The van der Waals surface area contributed by atoms with E-state index >= 15 is 0 Å². The number of nitrogens with zero attached hydrogens (tertiary/aromatic N) is 2. The van der Waals surface area contributed by atoms with Crippen LogP contribution in [0.5, 0.6) is 0 Å². The summed E-state index contributed by atoms with van der Waals surface area (Å²) in [7, 11) is -1.80. The van der Waals surface area contributed by atoms with Gasteiger partial charge in [0.15, 0.2) is 0 Å². The quantitative estimate of drug-likeness (QED) is 0.637. The highest BCUT2D eigenvalue weighted by atomic mass is 35.5. The van der Waals surface area contributed by atoms with Gasteiger partial charge in [0.05, 0.1) is 4.90 Å². The van der Waals surface area contributed by atoms with Gasteiger partial charge in [0.2, 0.25) is 10.0 Å². The third-order valence-electron chi connectivity index (χ3n) is 3.71. The van der Waals surface area contributed by atoms with Crippen molar-refractivity contribution in [2.24, 2.45) is 0 Å². The molecule has 0 aliphatic heterocycles. The van der Waals surface area contributed by atoms with Crippen LogP contribution in [0.2, 0.25) is 5.15 Å².